The molecule has 0 unspecified atom stereocenters. The standard InChI is InChI=1S/C17H20N6O2/c1-3-8-22-14(10-4-7-12(18-2)19-9-10)20-13-15(24)21-17(25)23(16(13)22)11-5-6-11/h4,7,9,11H,3,5-6,8H2,1-2H3,(H,18,19)(H,21,24,25). The molecule has 0 atom stereocenters. The van der Waals surface area contributed by atoms with E-state index in [1.165, 1.54) is 0 Å². The summed E-state index contributed by atoms with van der Waals surface area (Å²) in [5.41, 5.74) is 0.955. The SMILES string of the molecule is CCCn1c(-c2ccc(NC)nc2)nc2c(=O)[nH]c(=O)n(C3CC3)c21. The van der Waals surface area contributed by atoms with E-state index in [-0.39, 0.29) is 11.7 Å². The van der Waals surface area contributed by atoms with Gasteiger partial charge in [0.2, 0.25) is 0 Å². The van der Waals surface area contributed by atoms with Gasteiger partial charge >= 0.3 is 5.69 Å². The molecule has 0 bridgehead atoms. The highest BCUT2D eigenvalue weighted by Gasteiger charge is 2.30. The summed E-state index contributed by atoms with van der Waals surface area (Å²) in [6.07, 6.45) is 4.50. The van der Waals surface area contributed by atoms with Crippen LogP contribution < -0.4 is 16.6 Å². The van der Waals surface area contributed by atoms with E-state index in [9.17, 15) is 9.59 Å². The van der Waals surface area contributed by atoms with E-state index in [2.05, 4.69) is 27.2 Å². The van der Waals surface area contributed by atoms with Crippen LogP contribution in [0.5, 0.6) is 0 Å². The molecule has 1 fully saturated rings. The Morgan fingerprint density at radius 2 is 2.12 bits per heavy atom. The molecule has 8 nitrogen and oxygen atoms in total. The van der Waals surface area contributed by atoms with E-state index in [4.69, 9.17) is 0 Å². The minimum atomic E-state index is -0.437. The molecule has 4 rings (SSSR count). The first-order chi connectivity index (χ1) is 12.1. The topological polar surface area (TPSA) is 97.6 Å². The lowest BCUT2D eigenvalue weighted by molar-refractivity contribution is 0.642. The molecule has 1 aliphatic carbocycles. The van der Waals surface area contributed by atoms with Gasteiger partial charge in [-0.05, 0) is 31.4 Å². The van der Waals surface area contributed by atoms with Crippen molar-refractivity contribution in [2.45, 2.75) is 38.8 Å². The highest BCUT2D eigenvalue weighted by Crippen LogP contribution is 2.36. The highest BCUT2D eigenvalue weighted by molar-refractivity contribution is 5.77. The smallest absolute Gasteiger partial charge is 0.330 e. The van der Waals surface area contributed by atoms with Gasteiger partial charge in [0.15, 0.2) is 11.2 Å². The number of rotatable bonds is 5. The van der Waals surface area contributed by atoms with Gasteiger partial charge in [0.25, 0.3) is 5.56 Å². The highest BCUT2D eigenvalue weighted by atomic mass is 16.2. The molecule has 3 aromatic heterocycles. The third-order valence-electron chi connectivity index (χ3n) is 4.46. The molecule has 25 heavy (non-hydrogen) atoms. The molecule has 1 aliphatic rings. The maximum atomic E-state index is 12.4. The molecular formula is C17H20N6O2. The predicted octanol–water partition coefficient (Wildman–Crippen LogP) is 1.73. The Morgan fingerprint density at radius 3 is 2.72 bits per heavy atom. The number of anilines is 1. The third-order valence-corrected chi connectivity index (χ3v) is 4.46. The summed E-state index contributed by atoms with van der Waals surface area (Å²) < 4.78 is 3.67. The van der Waals surface area contributed by atoms with Crippen LogP contribution in [0.4, 0.5) is 5.82 Å². The molecular weight excluding hydrogens is 320 g/mol. The molecule has 3 aromatic rings. The molecule has 0 spiro atoms. The van der Waals surface area contributed by atoms with Crippen LogP contribution in [-0.2, 0) is 6.54 Å². The third kappa shape index (κ3) is 2.54. The maximum Gasteiger partial charge on any atom is 0.330 e. The van der Waals surface area contributed by atoms with E-state index in [0.717, 1.165) is 30.6 Å². The second kappa shape index (κ2) is 5.87. The first kappa shape index (κ1) is 15.6. The Labute approximate surface area is 143 Å². The first-order valence-electron chi connectivity index (χ1n) is 8.53. The first-order valence-corrected chi connectivity index (χ1v) is 8.53. The predicted molar refractivity (Wildman–Crippen MR) is 96.0 cm³/mol. The van der Waals surface area contributed by atoms with Gasteiger partial charge in [0.1, 0.15) is 11.6 Å². The number of H-pyrrole nitrogens is 1. The summed E-state index contributed by atoms with van der Waals surface area (Å²) >= 11 is 0. The van der Waals surface area contributed by atoms with Gasteiger partial charge in [0, 0.05) is 31.4 Å². The normalized spacial score (nSPS) is 14.2. The molecule has 0 radical (unpaired) electrons. The Balaban J connectivity index is 2.02. The van der Waals surface area contributed by atoms with Crippen molar-refractivity contribution < 1.29 is 0 Å². The zero-order valence-electron chi connectivity index (χ0n) is 14.2. The van der Waals surface area contributed by atoms with E-state index >= 15 is 0 Å². The van der Waals surface area contributed by atoms with E-state index in [0.29, 0.717) is 23.5 Å². The lowest BCUT2D eigenvalue weighted by Crippen LogP contribution is -2.30. The van der Waals surface area contributed by atoms with Crippen LogP contribution in [0.2, 0.25) is 0 Å². The van der Waals surface area contributed by atoms with E-state index < -0.39 is 5.56 Å². The Hall–Kier alpha value is -2.90. The number of pyridine rings is 1. The van der Waals surface area contributed by atoms with Crippen LogP contribution in [0.1, 0.15) is 32.2 Å². The zero-order chi connectivity index (χ0) is 17.6. The number of aromatic nitrogens is 5. The van der Waals surface area contributed by atoms with Crippen molar-refractivity contribution in [2.24, 2.45) is 0 Å². The summed E-state index contributed by atoms with van der Waals surface area (Å²) in [6.45, 7) is 2.74. The molecule has 1 saturated carbocycles. The van der Waals surface area contributed by atoms with Crippen molar-refractivity contribution >= 4 is 17.0 Å². The molecule has 2 N–H and O–H groups in total. The van der Waals surface area contributed by atoms with Gasteiger partial charge in [-0.25, -0.2) is 14.8 Å². The molecule has 0 aromatic carbocycles. The molecule has 3 heterocycles. The van der Waals surface area contributed by atoms with Gasteiger partial charge in [-0.1, -0.05) is 6.92 Å². The van der Waals surface area contributed by atoms with Crippen LogP contribution in [0.3, 0.4) is 0 Å². The number of fused-ring (bicyclic) bond motifs is 1. The lowest BCUT2D eigenvalue weighted by atomic mass is 10.2. The largest absolute Gasteiger partial charge is 0.373 e. The molecule has 8 heteroatoms. The number of hydrogen-bond acceptors (Lipinski definition) is 5. The molecule has 0 amide bonds. The van der Waals surface area contributed by atoms with Crippen LogP contribution in [0.15, 0.2) is 27.9 Å². The van der Waals surface area contributed by atoms with Gasteiger partial charge < -0.3 is 9.88 Å². The second-order valence-corrected chi connectivity index (χ2v) is 6.30. The Bertz CT molecular complexity index is 1040. The number of aryl methyl sites for hydroxylation is 1. The number of aromatic amines is 1. The number of nitrogens with one attached hydrogen (secondary N) is 2. The maximum absolute atomic E-state index is 12.4. The average Bonchev–Trinajstić information content (AvgIpc) is 3.37. The zero-order valence-corrected chi connectivity index (χ0v) is 14.2. The minimum Gasteiger partial charge on any atom is -0.373 e. The van der Waals surface area contributed by atoms with Crippen LogP contribution >= 0.6 is 0 Å². The molecule has 0 saturated heterocycles. The fraction of sp³-hybridized carbons (Fsp3) is 0.412. The molecule has 130 valence electrons. The lowest BCUT2D eigenvalue weighted by Gasteiger charge is -2.11. The van der Waals surface area contributed by atoms with Crippen molar-refractivity contribution in [3.05, 3.63) is 39.2 Å². The molecule has 0 aliphatic heterocycles. The van der Waals surface area contributed by atoms with E-state index in [1.54, 1.807) is 10.8 Å². The number of imidazole rings is 1. The summed E-state index contributed by atoms with van der Waals surface area (Å²) in [5.74, 6) is 1.42. The van der Waals surface area contributed by atoms with Gasteiger partial charge in [0.05, 0.1) is 0 Å². The number of nitrogens with zero attached hydrogens (tertiary/aromatic N) is 4. The Kier molecular flexibility index (Phi) is 3.67. The van der Waals surface area contributed by atoms with E-state index in [1.807, 2.05) is 23.7 Å². The summed E-state index contributed by atoms with van der Waals surface area (Å²) in [4.78, 5) is 36.0. The Morgan fingerprint density at radius 1 is 1.32 bits per heavy atom. The van der Waals surface area contributed by atoms with Crippen LogP contribution in [0, 0.1) is 0 Å². The van der Waals surface area contributed by atoms with Crippen molar-refractivity contribution in [3.8, 4) is 11.4 Å². The van der Waals surface area contributed by atoms with Crippen molar-refractivity contribution in [1.29, 1.82) is 0 Å². The monoisotopic (exact) mass is 340 g/mol. The van der Waals surface area contributed by atoms with Crippen LogP contribution in [0.25, 0.3) is 22.6 Å². The second-order valence-electron chi connectivity index (χ2n) is 6.30. The van der Waals surface area contributed by atoms with Crippen molar-refractivity contribution in [3.63, 3.8) is 0 Å². The summed E-state index contributed by atoms with van der Waals surface area (Å²) in [6, 6.07) is 3.93. The van der Waals surface area contributed by atoms with Gasteiger partial charge in [-0.3, -0.25) is 14.3 Å². The fourth-order valence-electron chi connectivity index (χ4n) is 3.15. The van der Waals surface area contributed by atoms with Crippen molar-refractivity contribution in [1.82, 2.24) is 24.1 Å². The van der Waals surface area contributed by atoms with Gasteiger partial charge in [-0.2, -0.15) is 0 Å². The quantitative estimate of drug-likeness (QED) is 0.737. The van der Waals surface area contributed by atoms with Crippen molar-refractivity contribution in [2.75, 3.05) is 12.4 Å². The summed E-state index contributed by atoms with van der Waals surface area (Å²) in [5, 5.41) is 2.98. The fourth-order valence-corrected chi connectivity index (χ4v) is 3.15. The van der Waals surface area contributed by atoms with Crippen LogP contribution in [-0.4, -0.2) is 31.1 Å². The average molecular weight is 340 g/mol. The number of hydrogen-bond donors (Lipinski definition) is 2. The minimum absolute atomic E-state index is 0.150. The van der Waals surface area contributed by atoms with Gasteiger partial charge in [-0.15, -0.1) is 0 Å². The summed E-state index contributed by atoms with van der Waals surface area (Å²) in [7, 11) is 1.81.